The molecule has 0 aromatic heterocycles. The first-order chi connectivity index (χ1) is 13.7. The Kier molecular flexibility index (Phi) is 4.63. The zero-order valence-corrected chi connectivity index (χ0v) is 16.6. The van der Waals surface area contributed by atoms with Crippen LogP contribution in [-0.2, 0) is 4.79 Å². The van der Waals surface area contributed by atoms with Gasteiger partial charge in [0.05, 0.1) is 11.3 Å². The number of nitrogens with zero attached hydrogens (tertiary/aromatic N) is 1. The van der Waals surface area contributed by atoms with E-state index in [0.29, 0.717) is 6.04 Å². The molecule has 3 aliphatic rings. The van der Waals surface area contributed by atoms with Crippen molar-refractivity contribution < 1.29 is 9.59 Å². The van der Waals surface area contributed by atoms with Gasteiger partial charge in [0.2, 0.25) is 5.91 Å². The fraction of sp³-hybridized carbons (Fsp3) is 0.391. The summed E-state index contributed by atoms with van der Waals surface area (Å²) in [5, 5.41) is 3.12. The van der Waals surface area contributed by atoms with Gasteiger partial charge in [-0.3, -0.25) is 9.59 Å². The van der Waals surface area contributed by atoms with E-state index in [9.17, 15) is 9.59 Å². The Bertz CT molecular complexity index is 932. The molecule has 1 N–H and O–H groups in total. The lowest BCUT2D eigenvalue weighted by Crippen LogP contribution is -2.33. The van der Waals surface area contributed by atoms with Gasteiger partial charge < -0.3 is 10.2 Å². The topological polar surface area (TPSA) is 49.4 Å². The van der Waals surface area contributed by atoms with E-state index in [2.05, 4.69) is 5.32 Å². The van der Waals surface area contributed by atoms with Crippen LogP contribution in [0.25, 0.3) is 0 Å². The maximum Gasteiger partial charge on any atom is 0.259 e. The molecule has 0 saturated heterocycles. The van der Waals surface area contributed by atoms with Gasteiger partial charge in [-0.05, 0) is 56.0 Å². The number of rotatable bonds is 3. The highest BCUT2D eigenvalue weighted by Crippen LogP contribution is 2.46. The van der Waals surface area contributed by atoms with E-state index in [1.54, 1.807) is 11.8 Å². The largest absolute Gasteiger partial charge is 0.326 e. The van der Waals surface area contributed by atoms with E-state index < -0.39 is 0 Å². The van der Waals surface area contributed by atoms with Crippen LogP contribution < -0.4 is 10.2 Å². The van der Waals surface area contributed by atoms with Gasteiger partial charge in [0, 0.05) is 27.4 Å². The van der Waals surface area contributed by atoms with E-state index >= 15 is 0 Å². The summed E-state index contributed by atoms with van der Waals surface area (Å²) in [5.41, 5.74) is 2.55. The summed E-state index contributed by atoms with van der Waals surface area (Å²) in [5.74, 6) is 0.350. The number of hydrogen-bond acceptors (Lipinski definition) is 3. The molecular weight excluding hydrogens is 368 g/mol. The third-order valence-corrected chi connectivity index (χ3v) is 7.05. The van der Waals surface area contributed by atoms with Gasteiger partial charge in [-0.1, -0.05) is 43.2 Å². The third-order valence-electron chi connectivity index (χ3n) is 5.93. The minimum Gasteiger partial charge on any atom is -0.326 e. The van der Waals surface area contributed by atoms with Crippen molar-refractivity contribution in [3.8, 4) is 0 Å². The molecule has 2 saturated carbocycles. The Balaban J connectivity index is 1.47. The molecule has 0 bridgehead atoms. The molecule has 2 aromatic rings. The maximum atomic E-state index is 13.2. The number of anilines is 2. The minimum atomic E-state index is 0.0864. The molecule has 2 amide bonds. The second kappa shape index (κ2) is 7.28. The van der Waals surface area contributed by atoms with Crippen LogP contribution in [0.5, 0.6) is 0 Å². The summed E-state index contributed by atoms with van der Waals surface area (Å²) in [7, 11) is 0. The summed E-state index contributed by atoms with van der Waals surface area (Å²) < 4.78 is 0. The molecule has 28 heavy (non-hydrogen) atoms. The first-order valence-corrected chi connectivity index (χ1v) is 11.1. The Labute approximate surface area is 169 Å². The van der Waals surface area contributed by atoms with Gasteiger partial charge in [-0.25, -0.2) is 0 Å². The second-order valence-corrected chi connectivity index (χ2v) is 9.10. The highest BCUT2D eigenvalue weighted by molar-refractivity contribution is 7.99. The molecule has 144 valence electrons. The van der Waals surface area contributed by atoms with E-state index in [-0.39, 0.29) is 17.7 Å². The lowest BCUT2D eigenvalue weighted by atomic mass is 9.88. The SMILES string of the molecule is O=C(Nc1ccc2c(c1)Sc1ccccc1C(=O)N2C1CC1)C1CCCCC1. The van der Waals surface area contributed by atoms with Crippen LogP contribution in [0.3, 0.4) is 0 Å². The van der Waals surface area contributed by atoms with Gasteiger partial charge in [-0.15, -0.1) is 0 Å². The third kappa shape index (κ3) is 3.32. The summed E-state index contributed by atoms with van der Waals surface area (Å²) >= 11 is 1.62. The van der Waals surface area contributed by atoms with Gasteiger partial charge in [0.15, 0.2) is 0 Å². The van der Waals surface area contributed by atoms with Gasteiger partial charge >= 0.3 is 0 Å². The molecule has 4 nitrogen and oxygen atoms in total. The molecule has 5 rings (SSSR count). The van der Waals surface area contributed by atoms with Crippen LogP contribution in [0, 0.1) is 5.92 Å². The number of hydrogen-bond donors (Lipinski definition) is 1. The smallest absolute Gasteiger partial charge is 0.259 e. The van der Waals surface area contributed by atoms with E-state index in [1.807, 2.05) is 47.4 Å². The molecule has 0 spiro atoms. The molecule has 1 heterocycles. The number of amides is 2. The summed E-state index contributed by atoms with van der Waals surface area (Å²) in [6, 6.07) is 14.1. The predicted octanol–water partition coefficient (Wildman–Crippen LogP) is 5.48. The fourth-order valence-electron chi connectivity index (χ4n) is 4.27. The summed E-state index contributed by atoms with van der Waals surface area (Å²) in [6.07, 6.45) is 7.62. The maximum absolute atomic E-state index is 13.2. The fourth-order valence-corrected chi connectivity index (χ4v) is 5.37. The normalized spacial score (nSPS) is 19.6. The van der Waals surface area contributed by atoms with E-state index in [0.717, 1.165) is 65.3 Å². The highest BCUT2D eigenvalue weighted by Gasteiger charge is 2.38. The van der Waals surface area contributed by atoms with Crippen LogP contribution in [0.4, 0.5) is 11.4 Å². The van der Waals surface area contributed by atoms with Crippen molar-refractivity contribution in [2.45, 2.75) is 60.8 Å². The molecule has 2 aromatic carbocycles. The van der Waals surface area contributed by atoms with Crippen molar-refractivity contribution in [3.05, 3.63) is 48.0 Å². The van der Waals surface area contributed by atoms with Crippen LogP contribution in [0.2, 0.25) is 0 Å². The number of nitrogens with one attached hydrogen (secondary N) is 1. The van der Waals surface area contributed by atoms with Crippen LogP contribution >= 0.6 is 11.8 Å². The Morgan fingerprint density at radius 2 is 1.75 bits per heavy atom. The lowest BCUT2D eigenvalue weighted by Gasteiger charge is -2.24. The van der Waals surface area contributed by atoms with Gasteiger partial charge in [-0.2, -0.15) is 0 Å². The van der Waals surface area contributed by atoms with Crippen molar-refractivity contribution >= 4 is 35.0 Å². The average molecular weight is 393 g/mol. The Morgan fingerprint density at radius 3 is 2.54 bits per heavy atom. The highest BCUT2D eigenvalue weighted by atomic mass is 32.2. The standard InChI is InChI=1S/C23H24N2O2S/c26-22(15-6-2-1-3-7-15)24-16-10-13-19-21(14-16)28-20-9-5-4-8-18(20)23(27)25(19)17-11-12-17/h4-5,8-10,13-15,17H,1-3,6-7,11-12H2,(H,24,26). The van der Waals surface area contributed by atoms with E-state index in [4.69, 9.17) is 0 Å². The molecule has 2 aliphatic carbocycles. The average Bonchev–Trinajstić information content (AvgIpc) is 3.56. The zero-order chi connectivity index (χ0) is 19.1. The molecule has 2 fully saturated rings. The summed E-state index contributed by atoms with van der Waals surface area (Å²) in [6.45, 7) is 0. The summed E-state index contributed by atoms with van der Waals surface area (Å²) in [4.78, 5) is 29.8. The second-order valence-electron chi connectivity index (χ2n) is 8.01. The van der Waals surface area contributed by atoms with Crippen molar-refractivity contribution in [3.63, 3.8) is 0 Å². The van der Waals surface area contributed by atoms with Crippen molar-refractivity contribution in [1.82, 2.24) is 0 Å². The number of benzene rings is 2. The van der Waals surface area contributed by atoms with Crippen LogP contribution in [0.1, 0.15) is 55.3 Å². The molecular formula is C23H24N2O2S. The lowest BCUT2D eigenvalue weighted by molar-refractivity contribution is -0.120. The van der Waals surface area contributed by atoms with Gasteiger partial charge in [0.25, 0.3) is 5.91 Å². The van der Waals surface area contributed by atoms with Crippen LogP contribution in [0.15, 0.2) is 52.3 Å². The molecule has 0 atom stereocenters. The van der Waals surface area contributed by atoms with Gasteiger partial charge in [0.1, 0.15) is 0 Å². The number of carbonyl (C=O) groups excluding carboxylic acids is 2. The van der Waals surface area contributed by atoms with Crippen molar-refractivity contribution in [2.75, 3.05) is 10.2 Å². The van der Waals surface area contributed by atoms with E-state index in [1.165, 1.54) is 6.42 Å². The number of fused-ring (bicyclic) bond motifs is 2. The molecule has 1 aliphatic heterocycles. The first-order valence-electron chi connectivity index (χ1n) is 10.3. The predicted molar refractivity (Wildman–Crippen MR) is 112 cm³/mol. The van der Waals surface area contributed by atoms with Crippen molar-refractivity contribution in [1.29, 1.82) is 0 Å². The minimum absolute atomic E-state index is 0.0864. The Morgan fingerprint density at radius 1 is 0.964 bits per heavy atom. The quantitative estimate of drug-likeness (QED) is 0.752. The number of carbonyl (C=O) groups is 2. The van der Waals surface area contributed by atoms with Crippen LogP contribution in [-0.4, -0.2) is 17.9 Å². The zero-order valence-electron chi connectivity index (χ0n) is 15.8. The molecule has 0 unspecified atom stereocenters. The monoisotopic (exact) mass is 392 g/mol. The first kappa shape index (κ1) is 17.8. The van der Waals surface area contributed by atoms with Crippen molar-refractivity contribution in [2.24, 2.45) is 5.92 Å². The molecule has 0 radical (unpaired) electrons. The Hall–Kier alpha value is -2.27. The molecule has 5 heteroatoms.